The number of hydrogen-bond donors (Lipinski definition) is 2. The highest BCUT2D eigenvalue weighted by molar-refractivity contribution is 5.96. The van der Waals surface area contributed by atoms with E-state index in [0.717, 1.165) is 24.8 Å². The number of ether oxygens (including phenoxy) is 1. The smallest absolute Gasteiger partial charge is 0.369 e. The van der Waals surface area contributed by atoms with Gasteiger partial charge < -0.3 is 15.4 Å². The average molecular weight is 518 g/mol. The van der Waals surface area contributed by atoms with E-state index in [0.29, 0.717) is 24.4 Å². The first-order valence-corrected chi connectivity index (χ1v) is 12.2. The Labute approximate surface area is 212 Å². The predicted octanol–water partition coefficient (Wildman–Crippen LogP) is 3.74. The number of alkyl halides is 3. The Morgan fingerprint density at radius 1 is 1.16 bits per heavy atom. The van der Waals surface area contributed by atoms with E-state index in [1.807, 2.05) is 35.6 Å². The summed E-state index contributed by atoms with van der Waals surface area (Å²) < 4.78 is 45.7. The lowest BCUT2D eigenvalue weighted by molar-refractivity contribution is -0.136. The molecule has 1 unspecified atom stereocenters. The first-order valence-electron chi connectivity index (χ1n) is 12.2. The average Bonchev–Trinajstić information content (AvgIpc) is 3.59. The zero-order valence-electron chi connectivity index (χ0n) is 20.8. The van der Waals surface area contributed by atoms with Gasteiger partial charge in [-0.3, -0.25) is 9.59 Å². The SMILES string of the molecule is Cc1c(C(=O)NC2CC2)nnn1C1=CC=C(C(=O)NCC(F)(F)F)CC1(C)OCCCc1ccccc1. The second kappa shape index (κ2) is 10.9. The zero-order chi connectivity index (χ0) is 26.6. The van der Waals surface area contributed by atoms with E-state index in [1.165, 1.54) is 10.8 Å². The third kappa shape index (κ3) is 6.85. The molecule has 1 aromatic heterocycles. The van der Waals surface area contributed by atoms with E-state index in [2.05, 4.69) is 15.6 Å². The number of aryl methyl sites for hydroxylation is 1. The molecule has 2 amide bonds. The summed E-state index contributed by atoms with van der Waals surface area (Å²) in [4.78, 5) is 25.1. The van der Waals surface area contributed by atoms with Crippen molar-refractivity contribution >= 4 is 17.5 Å². The van der Waals surface area contributed by atoms with Gasteiger partial charge in [-0.05, 0) is 51.2 Å². The van der Waals surface area contributed by atoms with Crippen molar-refractivity contribution in [1.29, 1.82) is 0 Å². The van der Waals surface area contributed by atoms with Gasteiger partial charge in [0, 0.05) is 24.6 Å². The lowest BCUT2D eigenvalue weighted by Gasteiger charge is -2.35. The summed E-state index contributed by atoms with van der Waals surface area (Å²) in [5.74, 6) is -1.12. The lowest BCUT2D eigenvalue weighted by Crippen LogP contribution is -2.41. The Kier molecular flexibility index (Phi) is 7.82. The molecule has 8 nitrogen and oxygen atoms in total. The van der Waals surface area contributed by atoms with Crippen LogP contribution in [0, 0.1) is 6.92 Å². The largest absolute Gasteiger partial charge is 0.405 e. The number of amides is 2. The summed E-state index contributed by atoms with van der Waals surface area (Å²) >= 11 is 0. The number of nitrogens with zero attached hydrogens (tertiary/aromatic N) is 3. The summed E-state index contributed by atoms with van der Waals surface area (Å²) in [5.41, 5.74) is 1.44. The number of carbonyl (C=O) groups excluding carboxylic acids is 2. The molecule has 37 heavy (non-hydrogen) atoms. The van der Waals surface area contributed by atoms with Crippen LogP contribution in [0.2, 0.25) is 0 Å². The van der Waals surface area contributed by atoms with Gasteiger partial charge in [0.1, 0.15) is 12.1 Å². The molecule has 11 heteroatoms. The molecule has 2 aliphatic carbocycles. The molecule has 1 atom stereocenters. The van der Waals surface area contributed by atoms with Crippen LogP contribution in [0.4, 0.5) is 13.2 Å². The Morgan fingerprint density at radius 2 is 1.89 bits per heavy atom. The first kappa shape index (κ1) is 26.6. The van der Waals surface area contributed by atoms with E-state index in [9.17, 15) is 22.8 Å². The van der Waals surface area contributed by atoms with Crippen LogP contribution in [0.3, 0.4) is 0 Å². The van der Waals surface area contributed by atoms with Crippen LogP contribution in [0.25, 0.3) is 5.70 Å². The van der Waals surface area contributed by atoms with E-state index in [-0.39, 0.29) is 29.6 Å². The molecule has 0 bridgehead atoms. The lowest BCUT2D eigenvalue weighted by atomic mass is 9.87. The van der Waals surface area contributed by atoms with Gasteiger partial charge in [0.05, 0.1) is 11.4 Å². The first-order chi connectivity index (χ1) is 17.6. The molecule has 2 aromatic rings. The quantitative estimate of drug-likeness (QED) is 0.468. The van der Waals surface area contributed by atoms with Crippen molar-refractivity contribution in [3.63, 3.8) is 0 Å². The molecule has 0 aliphatic heterocycles. The van der Waals surface area contributed by atoms with Gasteiger partial charge in [-0.15, -0.1) is 5.10 Å². The summed E-state index contributed by atoms with van der Waals surface area (Å²) in [6.45, 7) is 2.39. The Hall–Kier alpha value is -3.47. The van der Waals surface area contributed by atoms with Gasteiger partial charge in [-0.1, -0.05) is 41.6 Å². The van der Waals surface area contributed by atoms with E-state index < -0.39 is 24.2 Å². The second-order valence-corrected chi connectivity index (χ2v) is 9.57. The fourth-order valence-electron chi connectivity index (χ4n) is 4.21. The Balaban J connectivity index is 1.54. The van der Waals surface area contributed by atoms with E-state index in [1.54, 1.807) is 19.9 Å². The maximum Gasteiger partial charge on any atom is 0.405 e. The van der Waals surface area contributed by atoms with Crippen LogP contribution in [0.5, 0.6) is 0 Å². The van der Waals surface area contributed by atoms with Crippen LogP contribution in [-0.4, -0.2) is 57.8 Å². The van der Waals surface area contributed by atoms with E-state index in [4.69, 9.17) is 4.74 Å². The normalized spacial score (nSPS) is 19.7. The van der Waals surface area contributed by atoms with E-state index >= 15 is 0 Å². The van der Waals surface area contributed by atoms with Crippen molar-refractivity contribution in [3.8, 4) is 0 Å². The summed E-state index contributed by atoms with van der Waals surface area (Å²) in [5, 5.41) is 13.1. The fourth-order valence-corrected chi connectivity index (χ4v) is 4.21. The van der Waals surface area contributed by atoms with Gasteiger partial charge in [-0.25, -0.2) is 4.68 Å². The molecule has 0 spiro atoms. The number of allylic oxidation sites excluding steroid dienone is 2. The monoisotopic (exact) mass is 517 g/mol. The number of nitrogens with one attached hydrogen (secondary N) is 2. The van der Waals surface area contributed by atoms with Crippen molar-refractivity contribution in [2.24, 2.45) is 0 Å². The molecule has 2 N–H and O–H groups in total. The maximum absolute atomic E-state index is 12.6. The summed E-state index contributed by atoms with van der Waals surface area (Å²) in [7, 11) is 0. The van der Waals surface area contributed by atoms with Crippen molar-refractivity contribution < 1.29 is 27.5 Å². The number of aromatic nitrogens is 3. The summed E-state index contributed by atoms with van der Waals surface area (Å²) in [6.07, 6.45) is 1.89. The zero-order valence-corrected chi connectivity index (χ0v) is 20.8. The molecule has 1 fully saturated rings. The molecule has 4 rings (SSSR count). The molecule has 2 aliphatic rings. The van der Waals surface area contributed by atoms with Gasteiger partial charge in [0.2, 0.25) is 5.91 Å². The molecule has 1 heterocycles. The molecular formula is C26H30F3N5O3. The summed E-state index contributed by atoms with van der Waals surface area (Å²) in [6, 6.07) is 10.1. The number of hydrogen-bond acceptors (Lipinski definition) is 5. The highest BCUT2D eigenvalue weighted by Gasteiger charge is 2.39. The minimum atomic E-state index is -4.52. The number of rotatable bonds is 10. The van der Waals surface area contributed by atoms with Crippen molar-refractivity contribution in [2.75, 3.05) is 13.2 Å². The minimum absolute atomic E-state index is 0.0246. The third-order valence-electron chi connectivity index (χ3n) is 6.38. The molecular weight excluding hydrogens is 487 g/mol. The van der Waals surface area contributed by atoms with Gasteiger partial charge in [0.25, 0.3) is 5.91 Å². The van der Waals surface area contributed by atoms with Gasteiger partial charge >= 0.3 is 6.18 Å². The highest BCUT2D eigenvalue weighted by Crippen LogP contribution is 2.37. The molecule has 1 saturated carbocycles. The van der Waals surface area contributed by atoms with Crippen LogP contribution in [-0.2, 0) is 16.0 Å². The van der Waals surface area contributed by atoms with Crippen LogP contribution < -0.4 is 10.6 Å². The van der Waals surface area contributed by atoms with Gasteiger partial charge in [0.15, 0.2) is 5.69 Å². The highest BCUT2D eigenvalue weighted by atomic mass is 19.4. The van der Waals surface area contributed by atoms with Crippen molar-refractivity contribution in [3.05, 3.63) is 65.0 Å². The predicted molar refractivity (Wildman–Crippen MR) is 130 cm³/mol. The second-order valence-electron chi connectivity index (χ2n) is 9.57. The fraction of sp³-hybridized carbons (Fsp3) is 0.462. The Morgan fingerprint density at radius 3 is 2.57 bits per heavy atom. The standard InChI is InChI=1S/C26H30F3N5O3/c1-17-22(24(36)31-20-11-12-20)32-33-34(17)21-13-10-19(23(35)30-16-26(27,28)29)15-25(21,2)37-14-6-9-18-7-4-3-5-8-18/h3-5,7-8,10,13,20H,6,9,11-12,14-16H2,1-2H3,(H,30,35)(H,31,36). The van der Waals surface area contributed by atoms with Crippen LogP contribution >= 0.6 is 0 Å². The Bertz CT molecular complexity index is 1200. The van der Waals surface area contributed by atoms with Crippen molar-refractivity contribution in [1.82, 2.24) is 25.6 Å². The molecule has 0 saturated heterocycles. The third-order valence-corrected chi connectivity index (χ3v) is 6.38. The number of benzene rings is 1. The van der Waals surface area contributed by atoms with Crippen LogP contribution in [0.1, 0.15) is 54.4 Å². The van der Waals surface area contributed by atoms with Crippen LogP contribution in [0.15, 0.2) is 48.1 Å². The molecule has 1 aromatic carbocycles. The number of carbonyl (C=O) groups is 2. The van der Waals surface area contributed by atoms with Gasteiger partial charge in [-0.2, -0.15) is 13.2 Å². The topological polar surface area (TPSA) is 98.1 Å². The van der Waals surface area contributed by atoms with Crippen molar-refractivity contribution in [2.45, 2.75) is 63.8 Å². The minimum Gasteiger partial charge on any atom is -0.369 e. The molecule has 198 valence electrons. The number of halogens is 3. The molecule has 0 radical (unpaired) electrons. The maximum atomic E-state index is 12.6.